The highest BCUT2D eigenvalue weighted by molar-refractivity contribution is 6.32. The average Bonchev–Trinajstić information content (AvgIpc) is 2.67. The molecule has 0 radical (unpaired) electrons. The summed E-state index contributed by atoms with van der Waals surface area (Å²) in [4.78, 5) is 12.5. The van der Waals surface area contributed by atoms with E-state index in [1.165, 1.54) is 7.11 Å². The standard InChI is InChI=1S/C19H22ClNO5/c1-5-26-18-15(20)9-12(10-17(18)25-4)19(22)21-11-13-8-14(23-2)6-7-16(13)24-3/h6-10H,5,11H2,1-4H3,(H,21,22). The summed E-state index contributed by atoms with van der Waals surface area (Å²) in [7, 11) is 4.65. The van der Waals surface area contributed by atoms with E-state index in [0.29, 0.717) is 40.2 Å². The molecule has 0 atom stereocenters. The lowest BCUT2D eigenvalue weighted by Gasteiger charge is -2.14. The van der Waals surface area contributed by atoms with Gasteiger partial charge in [0.15, 0.2) is 11.5 Å². The maximum absolute atomic E-state index is 12.5. The number of carbonyl (C=O) groups excluding carboxylic acids is 1. The zero-order chi connectivity index (χ0) is 19.1. The highest BCUT2D eigenvalue weighted by Crippen LogP contribution is 2.36. The molecule has 1 amide bonds. The summed E-state index contributed by atoms with van der Waals surface area (Å²) in [5.74, 6) is 1.87. The van der Waals surface area contributed by atoms with E-state index in [1.54, 1.807) is 38.5 Å². The average molecular weight is 380 g/mol. The number of amides is 1. The Morgan fingerprint density at radius 2 is 1.77 bits per heavy atom. The largest absolute Gasteiger partial charge is 0.497 e. The van der Waals surface area contributed by atoms with E-state index in [1.807, 2.05) is 13.0 Å². The summed E-state index contributed by atoms with van der Waals surface area (Å²) in [6.07, 6.45) is 0. The van der Waals surface area contributed by atoms with Crippen molar-refractivity contribution in [1.29, 1.82) is 0 Å². The smallest absolute Gasteiger partial charge is 0.251 e. The lowest BCUT2D eigenvalue weighted by molar-refractivity contribution is 0.0950. The lowest BCUT2D eigenvalue weighted by Crippen LogP contribution is -2.23. The summed E-state index contributed by atoms with van der Waals surface area (Å²) < 4.78 is 21.3. The van der Waals surface area contributed by atoms with Crippen molar-refractivity contribution in [3.05, 3.63) is 46.5 Å². The Hall–Kier alpha value is -2.60. The van der Waals surface area contributed by atoms with Crippen LogP contribution >= 0.6 is 11.6 Å². The van der Waals surface area contributed by atoms with Gasteiger partial charge in [0.25, 0.3) is 5.91 Å². The van der Waals surface area contributed by atoms with Gasteiger partial charge in [0.2, 0.25) is 0 Å². The quantitative estimate of drug-likeness (QED) is 0.757. The van der Waals surface area contributed by atoms with Gasteiger partial charge in [0, 0.05) is 17.7 Å². The number of methoxy groups -OCH3 is 3. The molecular formula is C19H22ClNO5. The highest BCUT2D eigenvalue weighted by atomic mass is 35.5. The topological polar surface area (TPSA) is 66.0 Å². The molecule has 7 heteroatoms. The van der Waals surface area contributed by atoms with E-state index in [0.717, 1.165) is 5.56 Å². The molecule has 0 saturated heterocycles. The van der Waals surface area contributed by atoms with Crippen LogP contribution in [0.4, 0.5) is 0 Å². The van der Waals surface area contributed by atoms with Gasteiger partial charge in [-0.15, -0.1) is 0 Å². The Morgan fingerprint density at radius 3 is 2.38 bits per heavy atom. The lowest BCUT2D eigenvalue weighted by atomic mass is 10.1. The first-order valence-corrected chi connectivity index (χ1v) is 8.41. The summed E-state index contributed by atoms with van der Waals surface area (Å²) in [6.45, 7) is 2.56. The van der Waals surface area contributed by atoms with Gasteiger partial charge in [-0.2, -0.15) is 0 Å². The van der Waals surface area contributed by atoms with Crippen LogP contribution < -0.4 is 24.3 Å². The molecular weight excluding hydrogens is 358 g/mol. The monoisotopic (exact) mass is 379 g/mol. The number of rotatable bonds is 8. The van der Waals surface area contributed by atoms with Crippen LogP contribution in [0.1, 0.15) is 22.8 Å². The van der Waals surface area contributed by atoms with Gasteiger partial charge in [0.05, 0.1) is 33.0 Å². The normalized spacial score (nSPS) is 10.2. The molecule has 0 heterocycles. The number of carbonyl (C=O) groups is 1. The van der Waals surface area contributed by atoms with Crippen LogP contribution in [0.3, 0.4) is 0 Å². The van der Waals surface area contributed by atoms with Crippen LogP contribution in [-0.4, -0.2) is 33.8 Å². The Morgan fingerprint density at radius 1 is 1.04 bits per heavy atom. The van der Waals surface area contributed by atoms with Gasteiger partial charge in [-0.25, -0.2) is 0 Å². The van der Waals surface area contributed by atoms with E-state index < -0.39 is 0 Å². The number of hydrogen-bond donors (Lipinski definition) is 1. The summed E-state index contributed by atoms with van der Waals surface area (Å²) in [5.41, 5.74) is 1.17. The van der Waals surface area contributed by atoms with Crippen molar-refractivity contribution in [3.63, 3.8) is 0 Å². The first-order chi connectivity index (χ1) is 12.5. The maximum atomic E-state index is 12.5. The second kappa shape index (κ2) is 9.20. The minimum absolute atomic E-state index is 0.270. The molecule has 2 aromatic rings. The van der Waals surface area contributed by atoms with Gasteiger partial charge in [0.1, 0.15) is 11.5 Å². The van der Waals surface area contributed by atoms with Crippen molar-refractivity contribution < 1.29 is 23.7 Å². The Kier molecular flexibility index (Phi) is 6.97. The molecule has 0 aliphatic rings. The van der Waals surface area contributed by atoms with Crippen molar-refractivity contribution in [2.75, 3.05) is 27.9 Å². The summed E-state index contributed by atoms with van der Waals surface area (Å²) in [6, 6.07) is 8.53. The fourth-order valence-corrected chi connectivity index (χ4v) is 2.70. The molecule has 0 aliphatic heterocycles. The molecule has 1 N–H and O–H groups in total. The van der Waals surface area contributed by atoms with E-state index in [-0.39, 0.29) is 12.5 Å². The predicted octanol–water partition coefficient (Wildman–Crippen LogP) is 3.69. The van der Waals surface area contributed by atoms with Crippen LogP contribution in [0.25, 0.3) is 0 Å². The van der Waals surface area contributed by atoms with Crippen molar-refractivity contribution in [2.45, 2.75) is 13.5 Å². The highest BCUT2D eigenvalue weighted by Gasteiger charge is 2.16. The third kappa shape index (κ3) is 4.52. The zero-order valence-electron chi connectivity index (χ0n) is 15.2. The number of halogens is 1. The number of benzene rings is 2. The van der Waals surface area contributed by atoms with Crippen LogP contribution in [-0.2, 0) is 6.54 Å². The summed E-state index contributed by atoms with van der Waals surface area (Å²) in [5, 5.41) is 3.16. The molecule has 140 valence electrons. The van der Waals surface area contributed by atoms with Crippen molar-refractivity contribution >= 4 is 17.5 Å². The molecule has 0 bridgehead atoms. The second-order valence-electron chi connectivity index (χ2n) is 5.28. The third-order valence-corrected chi connectivity index (χ3v) is 3.99. The van der Waals surface area contributed by atoms with Crippen LogP contribution in [0.5, 0.6) is 23.0 Å². The van der Waals surface area contributed by atoms with E-state index in [4.69, 9.17) is 30.5 Å². The Bertz CT molecular complexity index is 779. The molecule has 0 aromatic heterocycles. The van der Waals surface area contributed by atoms with Gasteiger partial charge in [-0.1, -0.05) is 11.6 Å². The molecule has 6 nitrogen and oxygen atoms in total. The molecule has 0 spiro atoms. The van der Waals surface area contributed by atoms with E-state index >= 15 is 0 Å². The van der Waals surface area contributed by atoms with Crippen molar-refractivity contribution in [3.8, 4) is 23.0 Å². The SMILES string of the molecule is CCOc1c(Cl)cc(C(=O)NCc2cc(OC)ccc2OC)cc1OC. The van der Waals surface area contributed by atoms with Crippen LogP contribution in [0, 0.1) is 0 Å². The van der Waals surface area contributed by atoms with Crippen molar-refractivity contribution in [1.82, 2.24) is 5.32 Å². The zero-order valence-corrected chi connectivity index (χ0v) is 16.0. The van der Waals surface area contributed by atoms with Gasteiger partial charge in [-0.05, 0) is 37.3 Å². The van der Waals surface area contributed by atoms with Crippen LogP contribution in [0.2, 0.25) is 5.02 Å². The fraction of sp³-hybridized carbons (Fsp3) is 0.316. The van der Waals surface area contributed by atoms with Crippen molar-refractivity contribution in [2.24, 2.45) is 0 Å². The van der Waals surface area contributed by atoms with Gasteiger partial charge in [-0.3, -0.25) is 4.79 Å². The molecule has 2 aromatic carbocycles. The van der Waals surface area contributed by atoms with E-state index in [9.17, 15) is 4.79 Å². The van der Waals surface area contributed by atoms with E-state index in [2.05, 4.69) is 5.32 Å². The second-order valence-corrected chi connectivity index (χ2v) is 5.69. The molecule has 0 fully saturated rings. The molecule has 0 unspecified atom stereocenters. The number of ether oxygens (including phenoxy) is 4. The fourth-order valence-electron chi connectivity index (χ4n) is 2.43. The molecule has 0 saturated carbocycles. The summed E-state index contributed by atoms with van der Waals surface area (Å²) >= 11 is 6.22. The Labute approximate surface area is 158 Å². The van der Waals surface area contributed by atoms with Gasteiger partial charge >= 0.3 is 0 Å². The molecule has 0 aliphatic carbocycles. The minimum atomic E-state index is -0.293. The number of nitrogens with one attached hydrogen (secondary N) is 1. The van der Waals surface area contributed by atoms with Gasteiger partial charge < -0.3 is 24.3 Å². The first-order valence-electron chi connectivity index (χ1n) is 8.03. The third-order valence-electron chi connectivity index (χ3n) is 3.71. The maximum Gasteiger partial charge on any atom is 0.251 e. The molecule has 26 heavy (non-hydrogen) atoms. The Balaban J connectivity index is 2.19. The first kappa shape index (κ1) is 19.7. The minimum Gasteiger partial charge on any atom is -0.497 e. The molecule has 2 rings (SSSR count). The van der Waals surface area contributed by atoms with Crippen LogP contribution in [0.15, 0.2) is 30.3 Å². The predicted molar refractivity (Wildman–Crippen MR) is 99.9 cm³/mol. The number of hydrogen-bond acceptors (Lipinski definition) is 5.